The van der Waals surface area contributed by atoms with Crippen LogP contribution in [0.2, 0.25) is 0 Å². The van der Waals surface area contributed by atoms with E-state index in [4.69, 9.17) is 47.4 Å². The number of carbonyl (C=O) groups is 3. The van der Waals surface area contributed by atoms with Crippen molar-refractivity contribution in [1.82, 2.24) is 0 Å². The Morgan fingerprint density at radius 2 is 0.645 bits per heavy atom. The van der Waals surface area contributed by atoms with Gasteiger partial charge in [-0.15, -0.1) is 0 Å². The fraction of sp³-hybridized carbons (Fsp3) is 0.660. The van der Waals surface area contributed by atoms with E-state index in [0.717, 1.165) is 118 Å². The quantitative estimate of drug-likeness (QED) is 0.0167. The molecule has 0 aliphatic heterocycles. The SMILES string of the molecule is C.C.C.C.C.C.C.C.C.C.CCC(C)c1ccc(OC(C)OCCCCOC(C)Oc2ccc(C(C)CC)cc2)cc1.CCC(C)c1ccc(OCC(=O)OC(C)(C)C)cc1.CCC(C)c1ccc(OCC(=O)OC2(CC)C3CC4CC(C3)CC2C4)cc1.CCC(C)c1ccc(OCC(=O)OC2(CC)CCCC2)cc1. The van der Waals surface area contributed by atoms with Gasteiger partial charge in [0.05, 0.1) is 13.2 Å². The van der Waals surface area contributed by atoms with E-state index in [1.54, 1.807) is 0 Å². The molecule has 4 bridgehead atoms. The number of hydrogen-bond donors (Lipinski definition) is 0. The summed E-state index contributed by atoms with van der Waals surface area (Å²) in [5, 5.41) is 0. The number of unbranched alkanes of at least 4 members (excludes halogenated alkanes) is 1. The van der Waals surface area contributed by atoms with Crippen molar-refractivity contribution in [2.24, 2.45) is 23.7 Å². The molecule has 0 saturated heterocycles. The Kier molecular flexibility index (Phi) is 57.6. The Bertz CT molecular complexity index is 3020. The number of hydrogen-bond acceptors (Lipinski definition) is 13. The minimum absolute atomic E-state index is 0. The molecule has 110 heavy (non-hydrogen) atoms. The summed E-state index contributed by atoms with van der Waals surface area (Å²) in [5.74, 6) is 8.72. The van der Waals surface area contributed by atoms with Crippen LogP contribution in [0.4, 0.5) is 0 Å². The second-order valence-electron chi connectivity index (χ2n) is 30.0. The molecule has 7 atom stereocenters. The van der Waals surface area contributed by atoms with Gasteiger partial charge in [0.25, 0.3) is 0 Å². The molecule has 5 aliphatic rings. The Balaban J connectivity index is -0.000000439. The second kappa shape index (κ2) is 56.6. The number of ether oxygens (including phenoxy) is 10. The minimum atomic E-state index is -0.471. The van der Waals surface area contributed by atoms with Crippen molar-refractivity contribution in [1.29, 1.82) is 0 Å². The summed E-state index contributed by atoms with van der Waals surface area (Å²) in [5.41, 5.74) is 5.64. The van der Waals surface area contributed by atoms with Gasteiger partial charge >= 0.3 is 17.9 Å². The highest BCUT2D eigenvalue weighted by Crippen LogP contribution is 2.60. The fourth-order valence-corrected chi connectivity index (χ4v) is 14.4. The van der Waals surface area contributed by atoms with Crippen LogP contribution in [-0.2, 0) is 38.1 Å². The molecular weight excluding hydrogens is 1370 g/mol. The first-order valence-corrected chi connectivity index (χ1v) is 38.5. The first-order chi connectivity index (χ1) is 47.9. The summed E-state index contributed by atoms with van der Waals surface area (Å²) >= 11 is 0. The fourth-order valence-electron chi connectivity index (χ4n) is 14.4. The van der Waals surface area contributed by atoms with Crippen LogP contribution in [0.15, 0.2) is 121 Å². The smallest absolute Gasteiger partial charge is 0.344 e. The number of carbonyl (C=O) groups excluding carboxylic acids is 3. The van der Waals surface area contributed by atoms with Gasteiger partial charge in [0, 0.05) is 0 Å². The maximum atomic E-state index is 12.6. The molecule has 5 aromatic carbocycles. The van der Waals surface area contributed by atoms with Crippen LogP contribution >= 0.6 is 0 Å². The monoisotopic (exact) mass is 1540 g/mol. The van der Waals surface area contributed by atoms with Crippen LogP contribution in [0.3, 0.4) is 0 Å². The number of esters is 3. The molecular formula is C97H168O13. The molecule has 0 N–H and O–H groups in total. The largest absolute Gasteiger partial charge is 0.482 e. The first kappa shape index (κ1) is 112. The van der Waals surface area contributed by atoms with E-state index < -0.39 is 5.60 Å². The third-order valence-electron chi connectivity index (χ3n) is 21.5. The van der Waals surface area contributed by atoms with E-state index >= 15 is 0 Å². The molecule has 0 spiro atoms. The third kappa shape index (κ3) is 36.5. The highest BCUT2D eigenvalue weighted by molar-refractivity contribution is 5.72. The summed E-state index contributed by atoms with van der Waals surface area (Å²) in [6.07, 6.45) is 19.5. The lowest BCUT2D eigenvalue weighted by molar-refractivity contribution is -0.212. The summed E-state index contributed by atoms with van der Waals surface area (Å²) in [6, 6.07) is 40.6. The topological polar surface area (TPSA) is 144 Å². The summed E-state index contributed by atoms with van der Waals surface area (Å²) in [6.45, 7) is 36.9. The average molecular weight is 1540 g/mol. The van der Waals surface area contributed by atoms with Crippen molar-refractivity contribution >= 4 is 17.9 Å². The minimum Gasteiger partial charge on any atom is -0.482 e. The van der Waals surface area contributed by atoms with Gasteiger partial charge in [-0.2, -0.15) is 0 Å². The molecule has 13 nitrogen and oxygen atoms in total. The van der Waals surface area contributed by atoms with Crippen LogP contribution in [0.5, 0.6) is 28.7 Å². The second-order valence-corrected chi connectivity index (χ2v) is 30.0. The normalized spacial score (nSPS) is 18.8. The molecule has 0 aromatic heterocycles. The average Bonchev–Trinajstić information content (AvgIpc) is 0.747. The van der Waals surface area contributed by atoms with Crippen molar-refractivity contribution in [2.45, 2.75) is 367 Å². The zero-order valence-electron chi connectivity index (χ0n) is 64.5. The molecule has 13 heteroatoms. The van der Waals surface area contributed by atoms with E-state index in [2.05, 4.69) is 132 Å². The zero-order valence-corrected chi connectivity index (χ0v) is 64.5. The molecule has 5 fully saturated rings. The first-order valence-electron chi connectivity index (χ1n) is 38.5. The molecule has 5 aliphatic carbocycles. The van der Waals surface area contributed by atoms with Gasteiger partial charge in [0.1, 0.15) is 45.6 Å². The standard InChI is InChI=1S/C28H42O4.C24H34O3.C19H28O3.C16H24O3.10CH4/c1-7-21(3)25-11-15-27(16-12-25)31-23(5)29-19-9-10-20-30-24(6)32-28-17-13-26(14-18-28)22(4)8-2;1-4-16(3)19-6-8-22(9-7-19)26-15-23(25)27-24(5-2)20-11-17-10-18(13-20)14-21(24)12-17;1-4-15(3)16-8-10-17(11-9-16)21-14-18(20)22-19(5-2)12-6-7-13-19;1-6-12(2)13-7-9-14(10-8-13)18-11-15(17)19-16(3,4)5;;;;;;;;;;/h11-18,21-24H,7-10,19-20H2,1-6H3;6-9,16-18,20-21H,4-5,10-15H2,1-3H3;8-11,15H,4-7,12-14H2,1-3H3;7-10,12H,6,11H2,1-5H3;10*1H4. The van der Waals surface area contributed by atoms with Gasteiger partial charge < -0.3 is 47.4 Å². The van der Waals surface area contributed by atoms with E-state index in [0.29, 0.717) is 60.4 Å². The van der Waals surface area contributed by atoms with Crippen molar-refractivity contribution in [3.63, 3.8) is 0 Å². The molecule has 10 rings (SSSR count). The van der Waals surface area contributed by atoms with Gasteiger partial charge in [-0.3, -0.25) is 0 Å². The van der Waals surface area contributed by atoms with Crippen molar-refractivity contribution < 1.29 is 61.8 Å². The third-order valence-corrected chi connectivity index (χ3v) is 21.5. The lowest BCUT2D eigenvalue weighted by Gasteiger charge is -2.60. The van der Waals surface area contributed by atoms with Crippen LogP contribution in [-0.4, -0.2) is 80.3 Å². The van der Waals surface area contributed by atoms with Crippen molar-refractivity contribution in [2.75, 3.05) is 33.0 Å². The molecule has 634 valence electrons. The Morgan fingerprint density at radius 3 is 0.909 bits per heavy atom. The van der Waals surface area contributed by atoms with Gasteiger partial charge in [-0.05, 0) is 292 Å². The Labute approximate surface area is 677 Å². The van der Waals surface area contributed by atoms with Gasteiger partial charge in [-0.25, -0.2) is 14.4 Å². The molecule has 7 unspecified atom stereocenters. The van der Waals surface area contributed by atoms with E-state index in [-0.39, 0.29) is 136 Å². The zero-order chi connectivity index (χ0) is 72.8. The van der Waals surface area contributed by atoms with Crippen molar-refractivity contribution in [3.05, 3.63) is 149 Å². The van der Waals surface area contributed by atoms with E-state index in [9.17, 15) is 14.4 Å². The maximum absolute atomic E-state index is 12.6. The number of rotatable bonds is 34. The lowest BCUT2D eigenvalue weighted by atomic mass is 9.49. The number of benzene rings is 5. The van der Waals surface area contributed by atoms with Gasteiger partial charge in [-0.1, -0.05) is 218 Å². The maximum Gasteiger partial charge on any atom is 0.344 e. The molecule has 5 saturated carbocycles. The van der Waals surface area contributed by atoms with E-state index in [1.165, 1.54) is 59.9 Å². The molecule has 0 radical (unpaired) electrons. The highest BCUT2D eigenvalue weighted by Gasteiger charge is 2.58. The molecule has 5 aromatic rings. The molecule has 0 heterocycles. The molecule has 0 amide bonds. The summed E-state index contributed by atoms with van der Waals surface area (Å²) in [4.78, 5) is 36.2. The van der Waals surface area contributed by atoms with Gasteiger partial charge in [0.2, 0.25) is 0 Å². The van der Waals surface area contributed by atoms with Crippen LogP contribution in [0, 0.1) is 23.7 Å². The highest BCUT2D eigenvalue weighted by atomic mass is 16.7. The predicted molar refractivity (Wildman–Crippen MR) is 470 cm³/mol. The van der Waals surface area contributed by atoms with Crippen LogP contribution in [0.1, 0.15) is 365 Å². The summed E-state index contributed by atoms with van der Waals surface area (Å²) < 4.78 is 57.0. The van der Waals surface area contributed by atoms with E-state index in [1.807, 2.05) is 107 Å². The predicted octanol–water partition coefficient (Wildman–Crippen LogP) is 28.5. The Hall–Kier alpha value is -6.57. The lowest BCUT2D eigenvalue weighted by Crippen LogP contribution is -2.59. The van der Waals surface area contributed by atoms with Gasteiger partial charge in [0.15, 0.2) is 32.4 Å². The van der Waals surface area contributed by atoms with Crippen LogP contribution < -0.4 is 23.7 Å². The Morgan fingerprint density at radius 1 is 0.373 bits per heavy atom. The van der Waals surface area contributed by atoms with Crippen LogP contribution in [0.25, 0.3) is 0 Å². The van der Waals surface area contributed by atoms with Crippen molar-refractivity contribution in [3.8, 4) is 28.7 Å². The summed E-state index contributed by atoms with van der Waals surface area (Å²) in [7, 11) is 0.